The summed E-state index contributed by atoms with van der Waals surface area (Å²) in [5.41, 5.74) is 3.32. The second kappa shape index (κ2) is 5.29. The highest BCUT2D eigenvalue weighted by atomic mass is 16.4. The van der Waals surface area contributed by atoms with Gasteiger partial charge in [0, 0.05) is 12.1 Å². The van der Waals surface area contributed by atoms with Crippen LogP contribution < -0.4 is 0 Å². The summed E-state index contributed by atoms with van der Waals surface area (Å²) in [6.45, 7) is 0.441. The monoisotopic (exact) mass is 278 g/mol. The summed E-state index contributed by atoms with van der Waals surface area (Å²) in [7, 11) is 0. The summed E-state index contributed by atoms with van der Waals surface area (Å²) in [4.78, 5) is 13.0. The van der Waals surface area contributed by atoms with Gasteiger partial charge in [-0.1, -0.05) is 42.5 Å². The number of hydrogen-bond donors (Lipinski definition) is 1. The molecule has 1 amide bonds. The fourth-order valence-electron chi connectivity index (χ4n) is 2.97. The molecule has 1 aliphatic heterocycles. The van der Waals surface area contributed by atoms with E-state index >= 15 is 0 Å². The smallest absolute Gasteiger partial charge is 0.408 e. The zero-order chi connectivity index (χ0) is 14.8. The van der Waals surface area contributed by atoms with Crippen LogP contribution in [0.1, 0.15) is 28.3 Å². The summed E-state index contributed by atoms with van der Waals surface area (Å²) in [6, 6.07) is 16.9. The molecule has 21 heavy (non-hydrogen) atoms. The molecule has 0 bridgehead atoms. The third kappa shape index (κ3) is 2.23. The van der Waals surface area contributed by atoms with Crippen LogP contribution in [-0.4, -0.2) is 22.6 Å². The van der Waals surface area contributed by atoms with Crippen LogP contribution in [0.3, 0.4) is 0 Å². The normalized spacial score (nSPS) is 16.9. The van der Waals surface area contributed by atoms with Crippen LogP contribution in [0.2, 0.25) is 0 Å². The highest BCUT2D eigenvalue weighted by Crippen LogP contribution is 2.37. The number of carbonyl (C=O) groups is 1. The van der Waals surface area contributed by atoms with Crippen molar-refractivity contribution in [2.45, 2.75) is 12.5 Å². The first-order valence-corrected chi connectivity index (χ1v) is 6.78. The van der Waals surface area contributed by atoms with E-state index in [-0.39, 0.29) is 0 Å². The van der Waals surface area contributed by atoms with E-state index in [0.29, 0.717) is 18.5 Å². The molecule has 0 unspecified atom stereocenters. The van der Waals surface area contributed by atoms with Crippen LogP contribution in [0.25, 0.3) is 0 Å². The Bertz CT molecular complexity index is 719. The second-order valence-corrected chi connectivity index (χ2v) is 5.03. The number of hydrogen-bond acceptors (Lipinski definition) is 2. The molecule has 1 heterocycles. The van der Waals surface area contributed by atoms with Gasteiger partial charge in [-0.15, -0.1) is 0 Å². The fourth-order valence-corrected chi connectivity index (χ4v) is 2.97. The molecule has 0 saturated heterocycles. The number of rotatable bonds is 1. The molecule has 0 aliphatic carbocycles. The maximum Gasteiger partial charge on any atom is 0.408 e. The Labute approximate surface area is 122 Å². The molecule has 0 radical (unpaired) electrons. The van der Waals surface area contributed by atoms with E-state index in [2.05, 4.69) is 6.07 Å². The van der Waals surface area contributed by atoms with E-state index in [4.69, 9.17) is 0 Å². The van der Waals surface area contributed by atoms with Gasteiger partial charge in [-0.25, -0.2) is 4.79 Å². The zero-order valence-electron chi connectivity index (χ0n) is 11.4. The largest absolute Gasteiger partial charge is 0.465 e. The second-order valence-electron chi connectivity index (χ2n) is 5.03. The number of fused-ring (bicyclic) bond motifs is 1. The summed E-state index contributed by atoms with van der Waals surface area (Å²) < 4.78 is 0. The molecule has 1 atom stereocenters. The molecule has 1 aliphatic rings. The molecule has 3 rings (SSSR count). The Kier molecular flexibility index (Phi) is 3.33. The number of nitrogens with zero attached hydrogens (tertiary/aromatic N) is 2. The maximum atomic E-state index is 11.6. The summed E-state index contributed by atoms with van der Waals surface area (Å²) >= 11 is 0. The third-order valence-corrected chi connectivity index (χ3v) is 3.89. The van der Waals surface area contributed by atoms with Crippen molar-refractivity contribution in [2.75, 3.05) is 6.54 Å². The molecular weight excluding hydrogens is 264 g/mol. The van der Waals surface area contributed by atoms with Crippen molar-refractivity contribution < 1.29 is 9.90 Å². The third-order valence-electron chi connectivity index (χ3n) is 3.89. The number of amides is 1. The molecule has 1 N–H and O–H groups in total. The van der Waals surface area contributed by atoms with Gasteiger partial charge in [0.05, 0.1) is 17.7 Å². The van der Waals surface area contributed by atoms with Crippen LogP contribution in [0.15, 0.2) is 48.5 Å². The van der Waals surface area contributed by atoms with E-state index in [1.807, 2.05) is 42.5 Å². The van der Waals surface area contributed by atoms with E-state index in [9.17, 15) is 15.2 Å². The van der Waals surface area contributed by atoms with E-state index < -0.39 is 12.1 Å². The Morgan fingerprint density at radius 3 is 2.62 bits per heavy atom. The van der Waals surface area contributed by atoms with Crippen LogP contribution in [0.4, 0.5) is 4.79 Å². The molecule has 4 nitrogen and oxygen atoms in total. The van der Waals surface area contributed by atoms with Crippen LogP contribution in [0.5, 0.6) is 0 Å². The Morgan fingerprint density at radius 2 is 1.95 bits per heavy atom. The molecule has 2 aromatic carbocycles. The van der Waals surface area contributed by atoms with E-state index in [1.165, 1.54) is 4.90 Å². The van der Waals surface area contributed by atoms with Crippen molar-refractivity contribution in [3.63, 3.8) is 0 Å². The first-order valence-electron chi connectivity index (χ1n) is 6.78. The number of carboxylic acid groups (broad SMARTS) is 1. The molecule has 0 aromatic heterocycles. The standard InChI is InChI=1S/C17H14N2O2/c18-11-14-8-4-7-12-9-10-19(17(20)21)16(15(12)14)13-5-2-1-3-6-13/h1-8,16H,9-10H2,(H,20,21)/t16-/m0/s1. The minimum absolute atomic E-state index is 0.414. The lowest BCUT2D eigenvalue weighted by Crippen LogP contribution is -2.40. The highest BCUT2D eigenvalue weighted by Gasteiger charge is 2.33. The van der Waals surface area contributed by atoms with Crippen molar-refractivity contribution in [1.82, 2.24) is 4.90 Å². The SMILES string of the molecule is N#Cc1cccc2c1[C@H](c1ccccc1)N(C(=O)O)CC2. The predicted octanol–water partition coefficient (Wildman–Crippen LogP) is 3.18. The quantitative estimate of drug-likeness (QED) is 0.871. The van der Waals surface area contributed by atoms with Crippen LogP contribution in [-0.2, 0) is 6.42 Å². The minimum atomic E-state index is -0.956. The fraction of sp³-hybridized carbons (Fsp3) is 0.176. The van der Waals surface area contributed by atoms with Crippen LogP contribution >= 0.6 is 0 Å². The van der Waals surface area contributed by atoms with Gasteiger partial charge in [0.15, 0.2) is 0 Å². The lowest BCUT2D eigenvalue weighted by Gasteiger charge is -2.36. The van der Waals surface area contributed by atoms with Crippen molar-refractivity contribution in [3.8, 4) is 6.07 Å². The Hall–Kier alpha value is -2.80. The van der Waals surface area contributed by atoms with E-state index in [1.54, 1.807) is 6.07 Å². The van der Waals surface area contributed by atoms with Crippen molar-refractivity contribution in [1.29, 1.82) is 5.26 Å². The van der Waals surface area contributed by atoms with Gasteiger partial charge in [0.25, 0.3) is 0 Å². The molecule has 104 valence electrons. The van der Waals surface area contributed by atoms with Crippen molar-refractivity contribution in [2.24, 2.45) is 0 Å². The average molecular weight is 278 g/mol. The lowest BCUT2D eigenvalue weighted by molar-refractivity contribution is 0.129. The van der Waals surface area contributed by atoms with Crippen molar-refractivity contribution in [3.05, 3.63) is 70.8 Å². The summed E-state index contributed by atoms with van der Waals surface area (Å²) in [5.74, 6) is 0. The maximum absolute atomic E-state index is 11.6. The van der Waals surface area contributed by atoms with E-state index in [0.717, 1.165) is 16.7 Å². The molecule has 0 fully saturated rings. The molecule has 4 heteroatoms. The van der Waals surface area contributed by atoms with Gasteiger partial charge in [0.1, 0.15) is 0 Å². The summed E-state index contributed by atoms with van der Waals surface area (Å²) in [6.07, 6.45) is -0.317. The molecule has 0 spiro atoms. The Balaban J connectivity index is 2.23. The molecule has 2 aromatic rings. The van der Waals surface area contributed by atoms with Gasteiger partial charge in [-0.3, -0.25) is 4.90 Å². The van der Waals surface area contributed by atoms with Gasteiger partial charge in [-0.05, 0) is 23.6 Å². The first-order chi connectivity index (χ1) is 10.2. The average Bonchev–Trinajstić information content (AvgIpc) is 2.53. The van der Waals surface area contributed by atoms with Crippen LogP contribution in [0, 0.1) is 11.3 Å². The van der Waals surface area contributed by atoms with Gasteiger partial charge in [0.2, 0.25) is 0 Å². The van der Waals surface area contributed by atoms with Gasteiger partial charge < -0.3 is 5.11 Å². The number of nitriles is 1. The first kappa shape index (κ1) is 13.2. The number of benzene rings is 2. The van der Waals surface area contributed by atoms with Gasteiger partial charge >= 0.3 is 6.09 Å². The van der Waals surface area contributed by atoms with Gasteiger partial charge in [-0.2, -0.15) is 5.26 Å². The lowest BCUT2D eigenvalue weighted by atomic mass is 9.85. The molecule has 0 saturated carbocycles. The summed E-state index contributed by atoms with van der Waals surface area (Å²) in [5, 5.41) is 18.9. The zero-order valence-corrected chi connectivity index (χ0v) is 11.4. The molecular formula is C17H14N2O2. The topological polar surface area (TPSA) is 64.3 Å². The predicted molar refractivity (Wildman–Crippen MR) is 77.9 cm³/mol. The minimum Gasteiger partial charge on any atom is -0.465 e. The Morgan fingerprint density at radius 1 is 1.19 bits per heavy atom. The van der Waals surface area contributed by atoms with Crippen molar-refractivity contribution >= 4 is 6.09 Å². The highest BCUT2D eigenvalue weighted by molar-refractivity contribution is 5.68.